The Kier molecular flexibility index (Phi) is 4.64. The standard InChI is InChI=1S/C19H15NO7/c1-25-12-6-4-11(5-7-12)20-16(21)13-8-10(18(23)26-2)9-14(19(24)27-3)15(13)17(20)22/h4-9H,1-3H3. The van der Waals surface area contributed by atoms with Crippen LogP contribution in [0.2, 0.25) is 0 Å². The van der Waals surface area contributed by atoms with Crippen molar-refractivity contribution in [3.8, 4) is 5.75 Å². The van der Waals surface area contributed by atoms with Crippen LogP contribution in [0.25, 0.3) is 0 Å². The molecule has 0 aromatic heterocycles. The van der Waals surface area contributed by atoms with Gasteiger partial charge in [0.15, 0.2) is 0 Å². The van der Waals surface area contributed by atoms with Crippen molar-refractivity contribution in [1.29, 1.82) is 0 Å². The van der Waals surface area contributed by atoms with Crippen molar-refractivity contribution in [2.45, 2.75) is 0 Å². The number of imide groups is 1. The molecule has 0 saturated heterocycles. The Hall–Kier alpha value is -3.68. The number of esters is 2. The van der Waals surface area contributed by atoms with Crippen molar-refractivity contribution < 1.29 is 33.4 Å². The number of carbonyl (C=O) groups excluding carboxylic acids is 4. The summed E-state index contributed by atoms with van der Waals surface area (Å²) in [6.45, 7) is 0. The monoisotopic (exact) mass is 369 g/mol. The molecule has 8 nitrogen and oxygen atoms in total. The second-order valence-electron chi connectivity index (χ2n) is 5.57. The van der Waals surface area contributed by atoms with Gasteiger partial charge in [0, 0.05) is 0 Å². The van der Waals surface area contributed by atoms with Gasteiger partial charge in [-0.2, -0.15) is 0 Å². The average molecular weight is 369 g/mol. The Morgan fingerprint density at radius 1 is 0.852 bits per heavy atom. The minimum Gasteiger partial charge on any atom is -0.497 e. The Labute approximate surface area is 154 Å². The summed E-state index contributed by atoms with van der Waals surface area (Å²) in [5.74, 6) is -2.37. The second kappa shape index (κ2) is 6.91. The van der Waals surface area contributed by atoms with Gasteiger partial charge in [-0.05, 0) is 36.4 Å². The van der Waals surface area contributed by atoms with Gasteiger partial charge in [0.2, 0.25) is 0 Å². The number of fused-ring (bicyclic) bond motifs is 1. The molecule has 0 atom stereocenters. The Morgan fingerprint density at radius 3 is 2.04 bits per heavy atom. The van der Waals surface area contributed by atoms with Crippen LogP contribution in [-0.4, -0.2) is 45.1 Å². The first-order valence-corrected chi connectivity index (χ1v) is 7.80. The smallest absolute Gasteiger partial charge is 0.338 e. The highest BCUT2D eigenvalue weighted by Crippen LogP contribution is 2.33. The number of methoxy groups -OCH3 is 3. The molecule has 2 amide bonds. The van der Waals surface area contributed by atoms with Crippen molar-refractivity contribution in [2.24, 2.45) is 0 Å². The summed E-state index contributed by atoms with van der Waals surface area (Å²) in [5, 5.41) is 0. The number of rotatable bonds is 4. The molecule has 0 saturated carbocycles. The maximum atomic E-state index is 12.9. The van der Waals surface area contributed by atoms with Crippen LogP contribution in [0.3, 0.4) is 0 Å². The van der Waals surface area contributed by atoms with Crippen molar-refractivity contribution in [2.75, 3.05) is 26.2 Å². The van der Waals surface area contributed by atoms with E-state index in [1.165, 1.54) is 26.4 Å². The van der Waals surface area contributed by atoms with Gasteiger partial charge in [-0.3, -0.25) is 9.59 Å². The summed E-state index contributed by atoms with van der Waals surface area (Å²) in [6, 6.07) is 8.69. The van der Waals surface area contributed by atoms with Crippen molar-refractivity contribution >= 4 is 29.4 Å². The lowest BCUT2D eigenvalue weighted by Crippen LogP contribution is -2.29. The van der Waals surface area contributed by atoms with Crippen LogP contribution in [0, 0.1) is 0 Å². The van der Waals surface area contributed by atoms with Gasteiger partial charge in [0.05, 0.1) is 49.3 Å². The number of benzene rings is 2. The molecule has 27 heavy (non-hydrogen) atoms. The molecule has 0 aliphatic carbocycles. The fourth-order valence-corrected chi connectivity index (χ4v) is 2.84. The largest absolute Gasteiger partial charge is 0.497 e. The van der Waals surface area contributed by atoms with Crippen LogP contribution in [0.5, 0.6) is 5.75 Å². The molecule has 2 aromatic carbocycles. The lowest BCUT2D eigenvalue weighted by Gasteiger charge is -2.14. The van der Waals surface area contributed by atoms with Gasteiger partial charge in [0.25, 0.3) is 11.8 Å². The molecule has 0 fully saturated rings. The van der Waals surface area contributed by atoms with E-state index < -0.39 is 23.8 Å². The summed E-state index contributed by atoms with van der Waals surface area (Å²) in [7, 11) is 3.81. The van der Waals surface area contributed by atoms with E-state index in [9.17, 15) is 19.2 Å². The first-order valence-electron chi connectivity index (χ1n) is 7.80. The quantitative estimate of drug-likeness (QED) is 0.601. The predicted molar refractivity (Wildman–Crippen MR) is 93.3 cm³/mol. The number of hydrogen-bond acceptors (Lipinski definition) is 7. The molecule has 138 valence electrons. The first kappa shape index (κ1) is 18.1. The zero-order valence-electron chi connectivity index (χ0n) is 14.8. The SMILES string of the molecule is COC(=O)c1cc(C(=O)OC)c2c(c1)C(=O)N(c1ccc(OC)cc1)C2=O. The van der Waals surface area contributed by atoms with Gasteiger partial charge in [-0.15, -0.1) is 0 Å². The maximum Gasteiger partial charge on any atom is 0.338 e. The minimum atomic E-state index is -0.838. The van der Waals surface area contributed by atoms with E-state index in [1.807, 2.05) is 0 Å². The molecule has 0 bridgehead atoms. The van der Waals surface area contributed by atoms with E-state index in [-0.39, 0.29) is 22.3 Å². The lowest BCUT2D eigenvalue weighted by molar-refractivity contribution is 0.0595. The van der Waals surface area contributed by atoms with E-state index in [4.69, 9.17) is 9.47 Å². The molecule has 0 spiro atoms. The lowest BCUT2D eigenvalue weighted by atomic mass is 9.99. The zero-order chi connectivity index (χ0) is 19.7. The van der Waals surface area contributed by atoms with Crippen molar-refractivity contribution in [3.05, 3.63) is 58.7 Å². The van der Waals surface area contributed by atoms with Crippen LogP contribution >= 0.6 is 0 Å². The molecule has 8 heteroatoms. The molecule has 3 rings (SSSR count). The van der Waals surface area contributed by atoms with E-state index in [2.05, 4.69) is 4.74 Å². The third-order valence-corrected chi connectivity index (χ3v) is 4.15. The van der Waals surface area contributed by atoms with E-state index in [0.717, 1.165) is 12.0 Å². The van der Waals surface area contributed by atoms with Crippen LogP contribution in [0.4, 0.5) is 5.69 Å². The van der Waals surface area contributed by atoms with Gasteiger partial charge in [-0.25, -0.2) is 14.5 Å². The van der Waals surface area contributed by atoms with Crippen molar-refractivity contribution in [3.63, 3.8) is 0 Å². The summed E-state index contributed by atoms with van der Waals surface area (Å²) >= 11 is 0. The predicted octanol–water partition coefficient (Wildman–Crippen LogP) is 2.07. The molecular formula is C19H15NO7. The molecular weight excluding hydrogens is 354 g/mol. The molecule has 0 unspecified atom stereocenters. The Balaban J connectivity index is 2.16. The van der Waals surface area contributed by atoms with Gasteiger partial charge in [0.1, 0.15) is 5.75 Å². The Bertz CT molecular complexity index is 963. The number of ether oxygens (including phenoxy) is 3. The molecule has 1 aliphatic heterocycles. The van der Waals surface area contributed by atoms with Gasteiger partial charge < -0.3 is 14.2 Å². The summed E-state index contributed by atoms with van der Waals surface area (Å²) < 4.78 is 14.4. The van der Waals surface area contributed by atoms with Crippen LogP contribution in [0.1, 0.15) is 41.4 Å². The highest BCUT2D eigenvalue weighted by atomic mass is 16.5. The molecule has 1 heterocycles. The average Bonchev–Trinajstić information content (AvgIpc) is 2.96. The fraction of sp³-hybridized carbons (Fsp3) is 0.158. The Morgan fingerprint density at radius 2 is 1.48 bits per heavy atom. The summed E-state index contributed by atoms with van der Waals surface area (Å²) in [6.07, 6.45) is 0. The molecule has 0 radical (unpaired) electrons. The van der Waals surface area contributed by atoms with Crippen LogP contribution in [0.15, 0.2) is 36.4 Å². The topological polar surface area (TPSA) is 99.2 Å². The summed E-state index contributed by atoms with van der Waals surface area (Å²) in [5.41, 5.74) is -0.0917. The normalized spacial score (nSPS) is 12.6. The molecule has 2 aromatic rings. The van der Waals surface area contributed by atoms with Gasteiger partial charge >= 0.3 is 11.9 Å². The number of amides is 2. The third kappa shape index (κ3) is 2.91. The zero-order valence-corrected chi connectivity index (χ0v) is 14.8. The first-order chi connectivity index (χ1) is 12.9. The molecule has 1 aliphatic rings. The van der Waals surface area contributed by atoms with Crippen LogP contribution in [-0.2, 0) is 9.47 Å². The molecule has 0 N–H and O–H groups in total. The number of hydrogen-bond donors (Lipinski definition) is 0. The number of anilines is 1. The third-order valence-electron chi connectivity index (χ3n) is 4.15. The van der Waals surface area contributed by atoms with Gasteiger partial charge in [-0.1, -0.05) is 0 Å². The van der Waals surface area contributed by atoms with E-state index >= 15 is 0 Å². The number of nitrogens with zero attached hydrogens (tertiary/aromatic N) is 1. The highest BCUT2D eigenvalue weighted by molar-refractivity contribution is 6.36. The fourth-order valence-electron chi connectivity index (χ4n) is 2.84. The maximum absolute atomic E-state index is 12.9. The highest BCUT2D eigenvalue weighted by Gasteiger charge is 2.41. The van der Waals surface area contributed by atoms with E-state index in [1.54, 1.807) is 24.3 Å². The van der Waals surface area contributed by atoms with E-state index in [0.29, 0.717) is 11.4 Å². The number of carbonyl (C=O) groups is 4. The second-order valence-corrected chi connectivity index (χ2v) is 5.57. The summed E-state index contributed by atoms with van der Waals surface area (Å²) in [4.78, 5) is 50.7. The van der Waals surface area contributed by atoms with Crippen molar-refractivity contribution in [1.82, 2.24) is 0 Å². The van der Waals surface area contributed by atoms with Crippen LogP contribution < -0.4 is 9.64 Å². The minimum absolute atomic E-state index is 0.0330.